The predicted molar refractivity (Wildman–Crippen MR) is 81.5 cm³/mol. The zero-order chi connectivity index (χ0) is 15.5. The van der Waals surface area contributed by atoms with Crippen molar-refractivity contribution in [1.82, 2.24) is 15.0 Å². The number of hydrogen-bond donors (Lipinski definition) is 1. The van der Waals surface area contributed by atoms with Gasteiger partial charge in [-0.3, -0.25) is 0 Å². The number of ether oxygens (including phenoxy) is 1. The summed E-state index contributed by atoms with van der Waals surface area (Å²) in [6.45, 7) is 6.71. The number of methoxy groups -OCH3 is 1. The summed E-state index contributed by atoms with van der Waals surface area (Å²) in [5.74, 6) is 0. The lowest BCUT2D eigenvalue weighted by atomic mass is 9.87. The molecule has 0 amide bonds. The molecule has 0 aliphatic rings. The molecule has 1 N–H and O–H groups in total. The lowest BCUT2D eigenvalue weighted by Gasteiger charge is -2.22. The Balaban J connectivity index is 2.10. The molecule has 1 aromatic carbocycles. The third kappa shape index (κ3) is 4.37. The highest BCUT2D eigenvalue weighted by atomic mass is 16.5. The Bertz CT molecular complexity index is 570. The average molecular weight is 289 g/mol. The Morgan fingerprint density at radius 3 is 2.48 bits per heavy atom. The fourth-order valence-electron chi connectivity index (χ4n) is 2.18. The molecule has 0 saturated heterocycles. The number of nitrogens with zero attached hydrogens (tertiary/aromatic N) is 3. The maximum Gasteiger partial charge on any atom is 0.158 e. The molecule has 1 atom stereocenters. The number of rotatable bonds is 5. The summed E-state index contributed by atoms with van der Waals surface area (Å²) in [5, 5.41) is 18.7. The van der Waals surface area contributed by atoms with Gasteiger partial charge in [0.05, 0.1) is 12.3 Å². The maximum absolute atomic E-state index is 10.2. The van der Waals surface area contributed by atoms with Gasteiger partial charge in [-0.25, -0.2) is 0 Å². The molecule has 114 valence electrons. The minimum atomic E-state index is -0.441. The Morgan fingerprint density at radius 1 is 1.24 bits per heavy atom. The third-order valence-corrected chi connectivity index (χ3v) is 3.18. The quantitative estimate of drug-likeness (QED) is 0.919. The zero-order valence-electron chi connectivity index (χ0n) is 13.1. The molecule has 2 rings (SSSR count). The van der Waals surface area contributed by atoms with Crippen LogP contribution in [0.5, 0.6) is 0 Å². The van der Waals surface area contributed by atoms with Gasteiger partial charge < -0.3 is 9.84 Å². The van der Waals surface area contributed by atoms with Gasteiger partial charge in [-0.05, 0) is 17.4 Å². The van der Waals surface area contributed by atoms with Gasteiger partial charge in [0.15, 0.2) is 6.73 Å². The van der Waals surface area contributed by atoms with E-state index in [0.29, 0.717) is 6.73 Å². The van der Waals surface area contributed by atoms with E-state index in [1.54, 1.807) is 13.3 Å². The van der Waals surface area contributed by atoms with E-state index in [0.717, 1.165) is 23.2 Å². The van der Waals surface area contributed by atoms with Crippen LogP contribution in [0.3, 0.4) is 0 Å². The van der Waals surface area contributed by atoms with E-state index in [1.165, 1.54) is 4.80 Å². The van der Waals surface area contributed by atoms with Crippen molar-refractivity contribution in [2.24, 2.45) is 5.41 Å². The smallest absolute Gasteiger partial charge is 0.158 e. The highest BCUT2D eigenvalue weighted by Gasteiger charge is 2.18. The van der Waals surface area contributed by atoms with E-state index >= 15 is 0 Å². The second-order valence-electron chi connectivity index (χ2n) is 6.42. The monoisotopic (exact) mass is 289 g/mol. The minimum Gasteiger partial charge on any atom is -0.388 e. The Morgan fingerprint density at radius 2 is 1.90 bits per heavy atom. The van der Waals surface area contributed by atoms with Crippen LogP contribution >= 0.6 is 0 Å². The zero-order valence-corrected chi connectivity index (χ0v) is 13.1. The fraction of sp³-hybridized carbons (Fsp3) is 0.500. The van der Waals surface area contributed by atoms with Crippen LogP contribution < -0.4 is 0 Å². The third-order valence-electron chi connectivity index (χ3n) is 3.18. The van der Waals surface area contributed by atoms with Gasteiger partial charge in [-0.2, -0.15) is 15.0 Å². The van der Waals surface area contributed by atoms with Gasteiger partial charge in [-0.15, -0.1) is 0 Å². The molecule has 2 aromatic rings. The van der Waals surface area contributed by atoms with Crippen molar-refractivity contribution in [3.05, 3.63) is 36.0 Å². The molecule has 21 heavy (non-hydrogen) atoms. The predicted octanol–water partition coefficient (Wildman–Crippen LogP) is 3.02. The summed E-state index contributed by atoms with van der Waals surface area (Å²) >= 11 is 0. The maximum atomic E-state index is 10.2. The summed E-state index contributed by atoms with van der Waals surface area (Å²) < 4.78 is 4.98. The lowest BCUT2D eigenvalue weighted by Crippen LogP contribution is -2.11. The molecule has 0 aliphatic heterocycles. The van der Waals surface area contributed by atoms with Crippen molar-refractivity contribution < 1.29 is 9.84 Å². The van der Waals surface area contributed by atoms with Gasteiger partial charge in [0.2, 0.25) is 0 Å². The first-order valence-electron chi connectivity index (χ1n) is 7.06. The summed E-state index contributed by atoms with van der Waals surface area (Å²) in [5.41, 5.74) is 2.80. The Kier molecular flexibility index (Phi) is 4.75. The van der Waals surface area contributed by atoms with Crippen molar-refractivity contribution >= 4 is 0 Å². The number of benzene rings is 1. The normalized spacial score (nSPS) is 13.4. The topological polar surface area (TPSA) is 60.2 Å². The summed E-state index contributed by atoms with van der Waals surface area (Å²) in [4.78, 5) is 1.50. The number of aliphatic hydroxyl groups is 1. The summed E-state index contributed by atoms with van der Waals surface area (Å²) in [6.07, 6.45) is 2.00. The SMILES string of the molecule is COCn1ncc(-c2ccc(C(O)CC(C)(C)C)cc2)n1. The largest absolute Gasteiger partial charge is 0.388 e. The molecule has 5 heteroatoms. The second kappa shape index (κ2) is 6.37. The number of aromatic nitrogens is 3. The van der Waals surface area contributed by atoms with Crippen LogP contribution in [0.25, 0.3) is 11.3 Å². The van der Waals surface area contributed by atoms with Crippen molar-refractivity contribution in [3.63, 3.8) is 0 Å². The van der Waals surface area contributed by atoms with Crippen LogP contribution in [0.1, 0.15) is 38.9 Å². The molecule has 1 unspecified atom stereocenters. The Labute approximate surface area is 125 Å². The Hall–Kier alpha value is -1.72. The summed E-state index contributed by atoms with van der Waals surface area (Å²) in [7, 11) is 1.61. The molecule has 1 aromatic heterocycles. The highest BCUT2D eigenvalue weighted by Crippen LogP contribution is 2.30. The van der Waals surface area contributed by atoms with E-state index in [-0.39, 0.29) is 5.41 Å². The summed E-state index contributed by atoms with van der Waals surface area (Å²) in [6, 6.07) is 7.81. The number of hydrogen-bond acceptors (Lipinski definition) is 4. The van der Waals surface area contributed by atoms with Crippen molar-refractivity contribution in [1.29, 1.82) is 0 Å². The molecule has 0 saturated carbocycles. The first-order valence-corrected chi connectivity index (χ1v) is 7.06. The number of aliphatic hydroxyl groups excluding tert-OH is 1. The standard InChI is InChI=1S/C16H23N3O2/c1-16(2,3)9-15(20)13-7-5-12(6-8-13)14-10-17-19(18-14)11-21-4/h5-8,10,15,20H,9,11H2,1-4H3. The molecule has 0 bridgehead atoms. The van der Waals surface area contributed by atoms with Gasteiger partial charge >= 0.3 is 0 Å². The molecule has 5 nitrogen and oxygen atoms in total. The van der Waals surface area contributed by atoms with E-state index < -0.39 is 6.10 Å². The van der Waals surface area contributed by atoms with Crippen LogP contribution in [-0.2, 0) is 11.5 Å². The van der Waals surface area contributed by atoms with Gasteiger partial charge in [0.1, 0.15) is 5.69 Å². The van der Waals surface area contributed by atoms with Gasteiger partial charge in [0.25, 0.3) is 0 Å². The van der Waals surface area contributed by atoms with Crippen LogP contribution in [-0.4, -0.2) is 27.2 Å². The molecular weight excluding hydrogens is 266 g/mol. The van der Waals surface area contributed by atoms with Gasteiger partial charge in [-0.1, -0.05) is 45.0 Å². The first kappa shape index (κ1) is 15.7. The molecule has 0 fully saturated rings. The van der Waals surface area contributed by atoms with E-state index in [1.807, 2.05) is 24.3 Å². The minimum absolute atomic E-state index is 0.0982. The van der Waals surface area contributed by atoms with Crippen molar-refractivity contribution in [2.75, 3.05) is 7.11 Å². The van der Waals surface area contributed by atoms with Crippen molar-refractivity contribution in [2.45, 2.75) is 40.0 Å². The highest BCUT2D eigenvalue weighted by molar-refractivity contribution is 5.57. The van der Waals surface area contributed by atoms with E-state index in [4.69, 9.17) is 4.74 Å². The lowest BCUT2D eigenvalue weighted by molar-refractivity contribution is 0.108. The molecule has 1 heterocycles. The fourth-order valence-corrected chi connectivity index (χ4v) is 2.18. The van der Waals surface area contributed by atoms with E-state index in [9.17, 15) is 5.11 Å². The van der Waals surface area contributed by atoms with Gasteiger partial charge in [0, 0.05) is 12.7 Å². The van der Waals surface area contributed by atoms with Crippen LogP contribution in [0.4, 0.5) is 0 Å². The van der Waals surface area contributed by atoms with Crippen LogP contribution in [0.2, 0.25) is 0 Å². The molecule has 0 radical (unpaired) electrons. The average Bonchev–Trinajstić information content (AvgIpc) is 2.86. The molecule has 0 aliphatic carbocycles. The second-order valence-corrected chi connectivity index (χ2v) is 6.42. The van der Waals surface area contributed by atoms with Crippen molar-refractivity contribution in [3.8, 4) is 11.3 Å². The van der Waals surface area contributed by atoms with Crippen LogP contribution in [0, 0.1) is 5.41 Å². The molecule has 0 spiro atoms. The van der Waals surface area contributed by atoms with E-state index in [2.05, 4.69) is 31.0 Å². The first-order chi connectivity index (χ1) is 9.89. The van der Waals surface area contributed by atoms with Crippen LogP contribution in [0.15, 0.2) is 30.5 Å². The molecular formula is C16H23N3O2.